The number of rotatable bonds is 6. The molecule has 0 bridgehead atoms. The van der Waals surface area contributed by atoms with Crippen molar-refractivity contribution in [1.82, 2.24) is 15.0 Å². The van der Waals surface area contributed by atoms with E-state index in [0.29, 0.717) is 35.4 Å². The monoisotopic (exact) mass is 850 g/mol. The number of aromatic nitrogens is 3. The molecule has 1 fully saturated rings. The highest BCUT2D eigenvalue weighted by atomic mass is 19.4. The van der Waals surface area contributed by atoms with Gasteiger partial charge in [0, 0.05) is 65.5 Å². The number of ether oxygens (including phenoxy) is 1. The van der Waals surface area contributed by atoms with Crippen molar-refractivity contribution in [2.24, 2.45) is 5.41 Å². The topological polar surface area (TPSA) is 152 Å². The third-order valence-electron chi connectivity index (χ3n) is 11.0. The zero-order chi connectivity index (χ0) is 44.7. The number of para-hydroxylation sites is 1. The first-order valence-corrected chi connectivity index (χ1v) is 19.9. The zero-order valence-corrected chi connectivity index (χ0v) is 35.0. The normalized spacial score (nSPS) is 14.1. The van der Waals surface area contributed by atoms with E-state index in [2.05, 4.69) is 60.2 Å². The number of hydrogen-bond acceptors (Lipinski definition) is 6. The lowest BCUT2D eigenvalue weighted by Crippen LogP contribution is -2.40. The number of aromatic amines is 3. The Hall–Kier alpha value is -6.90. The molecule has 0 aliphatic carbocycles. The summed E-state index contributed by atoms with van der Waals surface area (Å²) in [5.41, 5.74) is 0.850. The molecule has 1 saturated heterocycles. The van der Waals surface area contributed by atoms with Crippen LogP contribution in [0.25, 0.3) is 32.7 Å². The number of halogens is 4. The quantitative estimate of drug-likeness (QED) is 0.105. The lowest BCUT2D eigenvalue weighted by Gasteiger charge is -2.39. The molecule has 62 heavy (non-hydrogen) atoms. The van der Waals surface area contributed by atoms with Gasteiger partial charge in [0.2, 0.25) is 10.9 Å². The van der Waals surface area contributed by atoms with Crippen molar-refractivity contribution in [2.75, 3.05) is 35.7 Å². The number of methoxy groups -OCH3 is 1. The predicted molar refractivity (Wildman–Crippen MR) is 235 cm³/mol. The van der Waals surface area contributed by atoms with Crippen LogP contribution in [0.5, 0.6) is 5.75 Å². The molecule has 4 aromatic carbocycles. The van der Waals surface area contributed by atoms with E-state index in [4.69, 9.17) is 4.74 Å². The summed E-state index contributed by atoms with van der Waals surface area (Å²) in [6, 6.07) is 18.9. The average molecular weight is 851 g/mol. The first-order valence-electron chi connectivity index (χ1n) is 19.9. The van der Waals surface area contributed by atoms with Gasteiger partial charge in [0.15, 0.2) is 11.6 Å². The van der Waals surface area contributed by atoms with Crippen LogP contribution in [0.1, 0.15) is 79.3 Å². The van der Waals surface area contributed by atoms with E-state index in [9.17, 15) is 36.7 Å². The number of fused-ring (bicyclic) bond motifs is 3. The van der Waals surface area contributed by atoms with E-state index in [1.165, 1.54) is 37.7 Å². The van der Waals surface area contributed by atoms with Gasteiger partial charge in [-0.05, 0) is 89.2 Å². The molecule has 1 aliphatic rings. The van der Waals surface area contributed by atoms with Crippen LogP contribution in [0.3, 0.4) is 0 Å². The predicted octanol–water partition coefficient (Wildman–Crippen LogP) is 10.1. The van der Waals surface area contributed by atoms with Gasteiger partial charge in [0.1, 0.15) is 11.1 Å². The fourth-order valence-electron chi connectivity index (χ4n) is 7.80. The number of H-pyrrole nitrogens is 3. The Bertz CT molecular complexity index is 2980. The van der Waals surface area contributed by atoms with Crippen LogP contribution in [0.2, 0.25) is 0 Å². The molecule has 1 aliphatic heterocycles. The highest BCUT2D eigenvalue weighted by molar-refractivity contribution is 6.07. The largest absolute Gasteiger partial charge is 0.494 e. The number of anilines is 3. The standard InChI is InChI=1S/C24H24F3N3O2.C23H22FN3O3/c1-23(2)10-5-11-30(14-23)15-8-9-20(18(12-15)24(25,26)27)29-22(32)17-13-28-19-7-4-3-6-16(19)21(17)31;1-23(2,3)15-7-12-5-6-25-17(12)10-19(15)27-22(29)14-11-26-18-9-16(24)20(30-4)8-13(18)21(14)28/h3-4,6-9,12-13H,5,10-11,14H2,1-2H3,(H,28,31)(H,29,32);5-11,25H,1-4H3,(H,26,28)(H,27,29). The van der Waals surface area contributed by atoms with Crippen molar-refractivity contribution in [1.29, 1.82) is 0 Å². The van der Waals surface area contributed by atoms with Gasteiger partial charge in [-0.3, -0.25) is 19.2 Å². The fraction of sp³-hybridized carbons (Fsp3) is 0.277. The van der Waals surface area contributed by atoms with Gasteiger partial charge in [-0.25, -0.2) is 4.39 Å². The highest BCUT2D eigenvalue weighted by Gasteiger charge is 2.36. The summed E-state index contributed by atoms with van der Waals surface area (Å²) >= 11 is 0. The first-order chi connectivity index (χ1) is 29.2. The molecule has 0 atom stereocenters. The second-order valence-electron chi connectivity index (χ2n) is 17.2. The Kier molecular flexibility index (Phi) is 11.5. The van der Waals surface area contributed by atoms with Gasteiger partial charge in [-0.2, -0.15) is 13.2 Å². The van der Waals surface area contributed by atoms with Crippen LogP contribution in [-0.4, -0.2) is 47.0 Å². The smallest absolute Gasteiger partial charge is 0.418 e. The SMILES string of the molecule is CC1(C)CCCN(c2ccc(NC(=O)c3c[nH]c4ccccc4c3=O)c(C(F)(F)F)c2)C1.COc1cc2c(=O)c(C(=O)Nc3cc4[nH]ccc4cc3C(C)(C)C)c[nH]c2cc1F. The molecule has 0 saturated carbocycles. The lowest BCUT2D eigenvalue weighted by atomic mass is 9.84. The van der Waals surface area contributed by atoms with Gasteiger partial charge in [-0.15, -0.1) is 0 Å². The Morgan fingerprint density at radius 1 is 0.758 bits per heavy atom. The van der Waals surface area contributed by atoms with Gasteiger partial charge in [-0.1, -0.05) is 46.8 Å². The van der Waals surface area contributed by atoms with Crippen LogP contribution in [0.4, 0.5) is 34.6 Å². The summed E-state index contributed by atoms with van der Waals surface area (Å²) in [4.78, 5) is 62.1. The maximum atomic E-state index is 13.9. The minimum absolute atomic E-state index is 0.0145. The third kappa shape index (κ3) is 8.92. The van der Waals surface area contributed by atoms with Crippen molar-refractivity contribution in [3.8, 4) is 5.75 Å². The number of carbonyl (C=O) groups excluding carboxylic acids is 2. The minimum Gasteiger partial charge on any atom is -0.494 e. The molecule has 4 heterocycles. The number of amides is 2. The zero-order valence-electron chi connectivity index (χ0n) is 35.0. The number of pyridine rings is 2. The summed E-state index contributed by atoms with van der Waals surface area (Å²) in [6.07, 6.45) is 1.61. The Morgan fingerprint density at radius 2 is 1.42 bits per heavy atom. The van der Waals surface area contributed by atoms with Crippen LogP contribution in [0.15, 0.2) is 101 Å². The number of hydrogen-bond donors (Lipinski definition) is 5. The molecular formula is C47H46F4N6O5. The number of carbonyl (C=O) groups is 2. The number of nitrogens with one attached hydrogen (secondary N) is 5. The van der Waals surface area contributed by atoms with Crippen molar-refractivity contribution < 1.29 is 31.9 Å². The van der Waals surface area contributed by atoms with Gasteiger partial charge in [0.25, 0.3) is 11.8 Å². The van der Waals surface area contributed by atoms with Crippen molar-refractivity contribution in [3.05, 3.63) is 140 Å². The van der Waals surface area contributed by atoms with Crippen molar-refractivity contribution >= 4 is 61.6 Å². The van der Waals surface area contributed by atoms with Gasteiger partial charge in [0.05, 0.1) is 29.3 Å². The van der Waals surface area contributed by atoms with E-state index in [1.54, 1.807) is 30.3 Å². The van der Waals surface area contributed by atoms with Crippen LogP contribution < -0.4 is 31.1 Å². The first kappa shape index (κ1) is 43.2. The average Bonchev–Trinajstić information content (AvgIpc) is 3.67. The molecule has 15 heteroatoms. The summed E-state index contributed by atoms with van der Waals surface area (Å²) in [5.74, 6) is -2.09. The maximum Gasteiger partial charge on any atom is 0.418 e. The molecule has 0 spiro atoms. The minimum atomic E-state index is -4.67. The molecule has 7 aromatic rings. The van der Waals surface area contributed by atoms with E-state index < -0.39 is 40.2 Å². The van der Waals surface area contributed by atoms with E-state index in [-0.39, 0.29) is 44.3 Å². The van der Waals surface area contributed by atoms with E-state index in [1.807, 2.05) is 29.3 Å². The number of nitrogens with zero attached hydrogens (tertiary/aromatic N) is 1. The molecule has 0 radical (unpaired) electrons. The van der Waals surface area contributed by atoms with E-state index >= 15 is 0 Å². The number of piperidine rings is 1. The fourth-order valence-corrected chi connectivity index (χ4v) is 7.80. The Labute approximate surface area is 353 Å². The molecule has 11 nitrogen and oxygen atoms in total. The molecule has 2 amide bonds. The maximum absolute atomic E-state index is 13.9. The molecule has 5 N–H and O–H groups in total. The number of benzene rings is 4. The van der Waals surface area contributed by atoms with Crippen molar-refractivity contribution in [3.63, 3.8) is 0 Å². The molecule has 322 valence electrons. The highest BCUT2D eigenvalue weighted by Crippen LogP contribution is 2.40. The van der Waals surface area contributed by atoms with Gasteiger partial charge < -0.3 is 35.2 Å². The lowest BCUT2D eigenvalue weighted by molar-refractivity contribution is -0.136. The van der Waals surface area contributed by atoms with Crippen LogP contribution in [-0.2, 0) is 11.6 Å². The summed E-state index contributed by atoms with van der Waals surface area (Å²) in [5, 5.41) is 6.67. The summed E-state index contributed by atoms with van der Waals surface area (Å²) in [6.45, 7) is 11.7. The molecular weight excluding hydrogens is 805 g/mol. The molecule has 3 aromatic heterocycles. The second kappa shape index (κ2) is 16.5. The van der Waals surface area contributed by atoms with Gasteiger partial charge >= 0.3 is 6.18 Å². The summed E-state index contributed by atoms with van der Waals surface area (Å²) < 4.78 is 60.4. The number of alkyl halides is 3. The molecule has 8 rings (SSSR count). The van der Waals surface area contributed by atoms with Crippen LogP contribution in [0, 0.1) is 11.2 Å². The Morgan fingerprint density at radius 3 is 2.08 bits per heavy atom. The Balaban J connectivity index is 0.000000187. The second-order valence-corrected chi connectivity index (χ2v) is 17.2. The molecule has 0 unspecified atom stereocenters. The van der Waals surface area contributed by atoms with Crippen LogP contribution >= 0.6 is 0 Å². The summed E-state index contributed by atoms with van der Waals surface area (Å²) in [7, 11) is 1.32. The van der Waals surface area contributed by atoms with Crippen molar-refractivity contribution in [2.45, 2.75) is 59.1 Å². The van der Waals surface area contributed by atoms with E-state index in [0.717, 1.165) is 35.4 Å². The third-order valence-corrected chi connectivity index (χ3v) is 11.0.